The lowest BCUT2D eigenvalue weighted by atomic mass is 9.77. The minimum Gasteiger partial charge on any atom is -0.354 e. The number of unbranched alkanes of at least 4 members (excludes halogenated alkanes) is 1. The standard InChI is InChI=1S/C22H36N4/c1-4-12-23-21(7-1)26-19-17-25(18-20-26)14-6-5-13-24-15-10-22(11-16-24)8-2-3-9-22/h1,4,7,12H,2-3,5-6,8-11,13-20H2. The third kappa shape index (κ3) is 4.58. The molecule has 4 heteroatoms. The zero-order chi connectivity index (χ0) is 17.7. The number of hydrogen-bond donors (Lipinski definition) is 0. The first kappa shape index (κ1) is 18.2. The summed E-state index contributed by atoms with van der Waals surface area (Å²) >= 11 is 0. The highest BCUT2D eigenvalue weighted by molar-refractivity contribution is 5.38. The Morgan fingerprint density at radius 3 is 2.04 bits per heavy atom. The van der Waals surface area contributed by atoms with Crippen LogP contribution in [0, 0.1) is 5.41 Å². The number of pyridine rings is 1. The van der Waals surface area contributed by atoms with E-state index in [4.69, 9.17) is 0 Å². The van der Waals surface area contributed by atoms with Gasteiger partial charge < -0.3 is 9.80 Å². The molecule has 1 aliphatic carbocycles. The Labute approximate surface area is 159 Å². The molecule has 1 aromatic rings. The van der Waals surface area contributed by atoms with Crippen LogP contribution in [0.4, 0.5) is 5.82 Å². The van der Waals surface area contributed by atoms with Crippen molar-refractivity contribution >= 4 is 5.82 Å². The molecule has 1 aromatic heterocycles. The zero-order valence-corrected chi connectivity index (χ0v) is 16.4. The minimum absolute atomic E-state index is 0.768. The smallest absolute Gasteiger partial charge is 0.128 e. The van der Waals surface area contributed by atoms with E-state index in [1.807, 2.05) is 12.3 Å². The highest BCUT2D eigenvalue weighted by atomic mass is 15.3. The van der Waals surface area contributed by atoms with Gasteiger partial charge in [-0.1, -0.05) is 18.9 Å². The molecule has 26 heavy (non-hydrogen) atoms. The van der Waals surface area contributed by atoms with Crippen LogP contribution < -0.4 is 4.90 Å². The van der Waals surface area contributed by atoms with E-state index in [1.54, 1.807) is 0 Å². The normalized spacial score (nSPS) is 24.4. The molecule has 2 saturated heterocycles. The molecule has 0 radical (unpaired) electrons. The summed E-state index contributed by atoms with van der Waals surface area (Å²) in [6.45, 7) is 9.92. The first-order valence-electron chi connectivity index (χ1n) is 10.9. The average molecular weight is 357 g/mol. The number of anilines is 1. The van der Waals surface area contributed by atoms with Crippen molar-refractivity contribution in [3.63, 3.8) is 0 Å². The molecule has 2 aliphatic heterocycles. The van der Waals surface area contributed by atoms with Crippen molar-refractivity contribution in [2.45, 2.75) is 51.4 Å². The van der Waals surface area contributed by atoms with E-state index in [1.165, 1.54) is 90.6 Å². The molecule has 0 bridgehead atoms. The average Bonchev–Trinajstić information content (AvgIpc) is 3.16. The lowest BCUT2D eigenvalue weighted by Crippen LogP contribution is -2.47. The number of aromatic nitrogens is 1. The molecule has 0 amide bonds. The summed E-state index contributed by atoms with van der Waals surface area (Å²) in [5.74, 6) is 1.14. The molecular weight excluding hydrogens is 320 g/mol. The maximum atomic E-state index is 4.48. The minimum atomic E-state index is 0.768. The van der Waals surface area contributed by atoms with Gasteiger partial charge in [-0.3, -0.25) is 4.90 Å². The molecule has 3 heterocycles. The van der Waals surface area contributed by atoms with Crippen LogP contribution >= 0.6 is 0 Å². The summed E-state index contributed by atoms with van der Waals surface area (Å²) in [7, 11) is 0. The van der Waals surface area contributed by atoms with Crippen LogP contribution in [-0.2, 0) is 0 Å². The Kier molecular flexibility index (Phi) is 6.11. The van der Waals surface area contributed by atoms with Crippen LogP contribution in [0.1, 0.15) is 51.4 Å². The van der Waals surface area contributed by atoms with Crippen LogP contribution in [0.5, 0.6) is 0 Å². The summed E-state index contributed by atoms with van der Waals surface area (Å²) in [5.41, 5.74) is 0.768. The van der Waals surface area contributed by atoms with Gasteiger partial charge in [-0.25, -0.2) is 4.98 Å². The Hall–Kier alpha value is -1.13. The molecule has 0 aromatic carbocycles. The van der Waals surface area contributed by atoms with Gasteiger partial charge in [0.15, 0.2) is 0 Å². The quantitative estimate of drug-likeness (QED) is 0.726. The van der Waals surface area contributed by atoms with Gasteiger partial charge in [-0.15, -0.1) is 0 Å². The van der Waals surface area contributed by atoms with Crippen LogP contribution in [-0.4, -0.2) is 67.1 Å². The van der Waals surface area contributed by atoms with Crippen LogP contribution in [0.2, 0.25) is 0 Å². The third-order valence-electron chi connectivity index (χ3n) is 7.13. The molecule has 4 nitrogen and oxygen atoms in total. The van der Waals surface area contributed by atoms with Crippen molar-refractivity contribution in [1.29, 1.82) is 0 Å². The van der Waals surface area contributed by atoms with E-state index in [0.717, 1.165) is 24.3 Å². The van der Waals surface area contributed by atoms with Gasteiger partial charge in [0.2, 0.25) is 0 Å². The van der Waals surface area contributed by atoms with Gasteiger partial charge in [0.1, 0.15) is 5.82 Å². The summed E-state index contributed by atoms with van der Waals surface area (Å²) < 4.78 is 0. The molecule has 3 aliphatic rings. The summed E-state index contributed by atoms with van der Waals surface area (Å²) in [5, 5.41) is 0. The highest BCUT2D eigenvalue weighted by Gasteiger charge is 2.36. The lowest BCUT2D eigenvalue weighted by Gasteiger charge is -2.39. The van der Waals surface area contributed by atoms with Crippen molar-refractivity contribution in [2.75, 3.05) is 57.3 Å². The predicted octanol–water partition coefficient (Wildman–Crippen LogP) is 3.64. The Morgan fingerprint density at radius 1 is 0.769 bits per heavy atom. The van der Waals surface area contributed by atoms with Crippen molar-refractivity contribution in [3.8, 4) is 0 Å². The number of piperidine rings is 1. The van der Waals surface area contributed by atoms with E-state index in [-0.39, 0.29) is 0 Å². The van der Waals surface area contributed by atoms with Gasteiger partial charge in [0, 0.05) is 32.4 Å². The number of hydrogen-bond acceptors (Lipinski definition) is 4. The molecule has 1 saturated carbocycles. The Morgan fingerprint density at radius 2 is 1.42 bits per heavy atom. The predicted molar refractivity (Wildman–Crippen MR) is 109 cm³/mol. The number of nitrogens with zero attached hydrogens (tertiary/aromatic N) is 4. The van der Waals surface area contributed by atoms with Crippen molar-refractivity contribution in [3.05, 3.63) is 24.4 Å². The van der Waals surface area contributed by atoms with E-state index in [2.05, 4.69) is 31.8 Å². The van der Waals surface area contributed by atoms with Gasteiger partial charge in [0.25, 0.3) is 0 Å². The first-order chi connectivity index (χ1) is 12.8. The zero-order valence-electron chi connectivity index (χ0n) is 16.4. The first-order valence-corrected chi connectivity index (χ1v) is 10.9. The number of likely N-dealkylation sites (tertiary alicyclic amines) is 1. The van der Waals surface area contributed by atoms with Crippen molar-refractivity contribution in [2.24, 2.45) is 5.41 Å². The van der Waals surface area contributed by atoms with Gasteiger partial charge >= 0.3 is 0 Å². The number of rotatable bonds is 6. The summed E-state index contributed by atoms with van der Waals surface area (Å²) in [6.07, 6.45) is 13.6. The second-order valence-electron chi connectivity index (χ2n) is 8.77. The molecule has 3 fully saturated rings. The van der Waals surface area contributed by atoms with Crippen LogP contribution in [0.15, 0.2) is 24.4 Å². The van der Waals surface area contributed by atoms with Gasteiger partial charge in [0.05, 0.1) is 0 Å². The van der Waals surface area contributed by atoms with Gasteiger partial charge in [-0.05, 0) is 82.3 Å². The van der Waals surface area contributed by atoms with Crippen LogP contribution in [0.25, 0.3) is 0 Å². The molecule has 4 rings (SSSR count). The van der Waals surface area contributed by atoms with E-state index in [0.29, 0.717) is 0 Å². The Bertz CT molecular complexity index is 522. The fraction of sp³-hybridized carbons (Fsp3) is 0.773. The highest BCUT2D eigenvalue weighted by Crippen LogP contribution is 2.46. The summed E-state index contributed by atoms with van der Waals surface area (Å²) in [4.78, 5) is 12.3. The number of piperazine rings is 1. The molecule has 0 atom stereocenters. The SMILES string of the molecule is c1ccc(N2CCN(CCCCN3CCC4(CCCC4)CC3)CC2)nc1. The fourth-order valence-electron chi connectivity index (χ4n) is 5.29. The van der Waals surface area contributed by atoms with Crippen LogP contribution in [0.3, 0.4) is 0 Å². The van der Waals surface area contributed by atoms with Gasteiger partial charge in [-0.2, -0.15) is 0 Å². The molecule has 1 spiro atoms. The maximum Gasteiger partial charge on any atom is 0.128 e. The topological polar surface area (TPSA) is 22.6 Å². The molecule has 144 valence electrons. The van der Waals surface area contributed by atoms with E-state index < -0.39 is 0 Å². The Balaban J connectivity index is 1.08. The van der Waals surface area contributed by atoms with E-state index >= 15 is 0 Å². The lowest BCUT2D eigenvalue weighted by molar-refractivity contribution is 0.106. The molecule has 0 unspecified atom stereocenters. The largest absolute Gasteiger partial charge is 0.354 e. The second kappa shape index (κ2) is 8.71. The molecule has 0 N–H and O–H groups in total. The maximum absolute atomic E-state index is 4.48. The summed E-state index contributed by atoms with van der Waals surface area (Å²) in [6, 6.07) is 6.21. The second-order valence-corrected chi connectivity index (χ2v) is 8.77. The van der Waals surface area contributed by atoms with E-state index in [9.17, 15) is 0 Å². The fourth-order valence-corrected chi connectivity index (χ4v) is 5.29. The van der Waals surface area contributed by atoms with Crippen molar-refractivity contribution < 1.29 is 0 Å². The molecular formula is C22H36N4. The third-order valence-corrected chi connectivity index (χ3v) is 7.13. The van der Waals surface area contributed by atoms with Crippen molar-refractivity contribution in [1.82, 2.24) is 14.8 Å². The monoisotopic (exact) mass is 356 g/mol.